The molecule has 0 aliphatic rings. The van der Waals surface area contributed by atoms with E-state index in [1.165, 1.54) is 0 Å². The molecule has 3 aromatic rings. The molecule has 0 saturated carbocycles. The zero-order valence-corrected chi connectivity index (χ0v) is 13.9. The van der Waals surface area contributed by atoms with E-state index >= 15 is 0 Å². The molecule has 0 radical (unpaired) electrons. The molecule has 0 unspecified atom stereocenters. The highest BCUT2D eigenvalue weighted by atomic mass is 79.9. The molecule has 1 aromatic carbocycles. The second-order valence-corrected chi connectivity index (χ2v) is 6.51. The molecule has 0 spiro atoms. The first-order valence-electron chi connectivity index (χ1n) is 6.70. The molecule has 0 aliphatic carbocycles. The third kappa shape index (κ3) is 3.61. The molecule has 0 saturated heterocycles. The van der Waals surface area contributed by atoms with E-state index in [9.17, 15) is 4.79 Å². The van der Waals surface area contributed by atoms with Crippen molar-refractivity contribution in [3.8, 4) is 0 Å². The lowest BCUT2D eigenvalue weighted by atomic mass is 10.3. The smallest absolute Gasteiger partial charge is 0.252 e. The summed E-state index contributed by atoms with van der Waals surface area (Å²) >= 11 is 4.90. The molecular formula is C15H13BrN4OS. The molecule has 22 heavy (non-hydrogen) atoms. The van der Waals surface area contributed by atoms with Gasteiger partial charge < -0.3 is 10.6 Å². The molecule has 3 rings (SSSR count). The van der Waals surface area contributed by atoms with Gasteiger partial charge in [-0.2, -0.15) is 0 Å². The number of nitrogens with one attached hydrogen (secondary N) is 2. The predicted molar refractivity (Wildman–Crippen MR) is 92.4 cm³/mol. The van der Waals surface area contributed by atoms with Crippen LogP contribution in [0.2, 0.25) is 0 Å². The van der Waals surface area contributed by atoms with Gasteiger partial charge in [0.25, 0.3) is 5.91 Å². The Bertz CT molecular complexity index is 772. The van der Waals surface area contributed by atoms with Gasteiger partial charge in [0.1, 0.15) is 0 Å². The van der Waals surface area contributed by atoms with Crippen LogP contribution >= 0.6 is 27.3 Å². The number of amides is 1. The Morgan fingerprint density at radius 1 is 1.23 bits per heavy atom. The van der Waals surface area contributed by atoms with Crippen molar-refractivity contribution in [2.24, 2.45) is 0 Å². The van der Waals surface area contributed by atoms with Gasteiger partial charge >= 0.3 is 0 Å². The number of para-hydroxylation sites is 1. The average molecular weight is 377 g/mol. The van der Waals surface area contributed by atoms with Gasteiger partial charge in [-0.1, -0.05) is 23.5 Å². The quantitative estimate of drug-likeness (QED) is 0.670. The highest BCUT2D eigenvalue weighted by Crippen LogP contribution is 2.24. The third-order valence-electron chi connectivity index (χ3n) is 2.95. The van der Waals surface area contributed by atoms with Crippen molar-refractivity contribution in [2.75, 3.05) is 18.4 Å². The fraction of sp³-hybridized carbons (Fsp3) is 0.133. The Balaban J connectivity index is 1.50. The van der Waals surface area contributed by atoms with Crippen LogP contribution in [0, 0.1) is 0 Å². The summed E-state index contributed by atoms with van der Waals surface area (Å²) in [6.07, 6.45) is 3.19. The minimum absolute atomic E-state index is 0.139. The molecule has 0 fully saturated rings. The first-order valence-corrected chi connectivity index (χ1v) is 8.31. The van der Waals surface area contributed by atoms with E-state index in [2.05, 4.69) is 36.5 Å². The maximum absolute atomic E-state index is 11.9. The number of halogens is 1. The van der Waals surface area contributed by atoms with Crippen LogP contribution in [0.4, 0.5) is 5.13 Å². The van der Waals surface area contributed by atoms with Crippen molar-refractivity contribution >= 4 is 48.5 Å². The fourth-order valence-corrected chi connectivity index (χ4v) is 3.19. The Morgan fingerprint density at radius 3 is 2.91 bits per heavy atom. The molecule has 0 atom stereocenters. The number of carbonyl (C=O) groups excluding carboxylic acids is 1. The average Bonchev–Trinajstić information content (AvgIpc) is 2.94. The monoisotopic (exact) mass is 376 g/mol. The van der Waals surface area contributed by atoms with Crippen molar-refractivity contribution < 1.29 is 4.79 Å². The minimum Gasteiger partial charge on any atom is -0.360 e. The summed E-state index contributed by atoms with van der Waals surface area (Å²) in [5.74, 6) is -0.139. The number of fused-ring (bicyclic) bond motifs is 1. The number of hydrogen-bond acceptors (Lipinski definition) is 5. The summed E-state index contributed by atoms with van der Waals surface area (Å²) in [4.78, 5) is 20.4. The second kappa shape index (κ2) is 6.85. The van der Waals surface area contributed by atoms with E-state index in [-0.39, 0.29) is 5.91 Å². The maximum atomic E-state index is 11.9. The van der Waals surface area contributed by atoms with Crippen molar-refractivity contribution in [1.29, 1.82) is 0 Å². The van der Waals surface area contributed by atoms with Crippen molar-refractivity contribution in [1.82, 2.24) is 15.3 Å². The fourth-order valence-electron chi connectivity index (χ4n) is 1.93. The molecule has 2 aromatic heterocycles. The summed E-state index contributed by atoms with van der Waals surface area (Å²) in [5, 5.41) is 6.93. The van der Waals surface area contributed by atoms with E-state index < -0.39 is 0 Å². The highest BCUT2D eigenvalue weighted by Gasteiger charge is 2.06. The Hall–Kier alpha value is -1.99. The summed E-state index contributed by atoms with van der Waals surface area (Å²) in [6, 6.07) is 9.73. The Kier molecular flexibility index (Phi) is 4.65. The number of hydrogen-bond donors (Lipinski definition) is 2. The second-order valence-electron chi connectivity index (χ2n) is 4.56. The predicted octanol–water partition coefficient (Wildman–Crippen LogP) is 3.30. The van der Waals surface area contributed by atoms with Crippen LogP contribution in [0.3, 0.4) is 0 Å². The van der Waals surface area contributed by atoms with Crippen molar-refractivity contribution in [3.63, 3.8) is 0 Å². The van der Waals surface area contributed by atoms with Gasteiger partial charge in [0.05, 0.1) is 15.8 Å². The van der Waals surface area contributed by atoms with E-state index in [4.69, 9.17) is 0 Å². The lowest BCUT2D eigenvalue weighted by Gasteiger charge is -2.05. The van der Waals surface area contributed by atoms with Gasteiger partial charge in [0.2, 0.25) is 0 Å². The summed E-state index contributed by atoms with van der Waals surface area (Å²) < 4.78 is 1.93. The topological polar surface area (TPSA) is 66.9 Å². The number of aromatic nitrogens is 2. The van der Waals surface area contributed by atoms with Crippen LogP contribution in [0.25, 0.3) is 10.2 Å². The largest absolute Gasteiger partial charge is 0.360 e. The van der Waals surface area contributed by atoms with Gasteiger partial charge in [-0.15, -0.1) is 0 Å². The number of anilines is 1. The summed E-state index contributed by atoms with van der Waals surface area (Å²) in [7, 11) is 0. The van der Waals surface area contributed by atoms with Crippen LogP contribution in [0.1, 0.15) is 10.4 Å². The maximum Gasteiger partial charge on any atom is 0.252 e. The standard InChI is InChI=1S/C15H13BrN4OS/c16-11-7-10(8-17-9-11)14(21)18-5-6-19-15-20-12-3-1-2-4-13(12)22-15/h1-4,7-9H,5-6H2,(H,18,21)(H,19,20). The van der Waals surface area contributed by atoms with Gasteiger partial charge in [-0.05, 0) is 34.1 Å². The molecule has 0 bridgehead atoms. The van der Waals surface area contributed by atoms with E-state index in [0.717, 1.165) is 19.8 Å². The molecule has 7 heteroatoms. The Labute approximate surface area is 139 Å². The van der Waals surface area contributed by atoms with Crippen LogP contribution in [0.5, 0.6) is 0 Å². The van der Waals surface area contributed by atoms with Crippen molar-refractivity contribution in [3.05, 3.63) is 52.8 Å². The first kappa shape index (κ1) is 14.9. The zero-order chi connectivity index (χ0) is 15.4. The van der Waals surface area contributed by atoms with Gasteiger partial charge in [0.15, 0.2) is 5.13 Å². The third-order valence-corrected chi connectivity index (χ3v) is 4.38. The van der Waals surface area contributed by atoms with Crippen molar-refractivity contribution in [2.45, 2.75) is 0 Å². The van der Waals surface area contributed by atoms with Crippen LogP contribution in [0.15, 0.2) is 47.2 Å². The van der Waals surface area contributed by atoms with Crippen LogP contribution in [-0.4, -0.2) is 29.0 Å². The molecule has 5 nitrogen and oxygen atoms in total. The van der Waals surface area contributed by atoms with E-state index in [0.29, 0.717) is 18.7 Å². The van der Waals surface area contributed by atoms with Gasteiger partial charge in [-0.25, -0.2) is 4.98 Å². The lowest BCUT2D eigenvalue weighted by molar-refractivity contribution is 0.0954. The minimum atomic E-state index is -0.139. The van der Waals surface area contributed by atoms with Gasteiger partial charge in [-0.3, -0.25) is 9.78 Å². The molecular weight excluding hydrogens is 364 g/mol. The molecule has 2 heterocycles. The van der Waals surface area contributed by atoms with Crippen LogP contribution < -0.4 is 10.6 Å². The van der Waals surface area contributed by atoms with E-state index in [1.807, 2.05) is 24.3 Å². The number of carbonyl (C=O) groups is 1. The molecule has 1 amide bonds. The molecule has 0 aliphatic heterocycles. The SMILES string of the molecule is O=C(NCCNc1nc2ccccc2s1)c1cncc(Br)c1. The summed E-state index contributed by atoms with van der Waals surface area (Å²) in [6.45, 7) is 1.13. The van der Waals surface area contributed by atoms with E-state index in [1.54, 1.807) is 29.8 Å². The highest BCUT2D eigenvalue weighted by molar-refractivity contribution is 9.10. The number of benzene rings is 1. The molecule has 112 valence electrons. The summed E-state index contributed by atoms with van der Waals surface area (Å²) in [5.41, 5.74) is 1.52. The normalized spacial score (nSPS) is 10.6. The lowest BCUT2D eigenvalue weighted by Crippen LogP contribution is -2.28. The number of pyridine rings is 1. The van der Waals surface area contributed by atoms with Crippen LogP contribution in [-0.2, 0) is 0 Å². The number of thiazole rings is 1. The first-order chi connectivity index (χ1) is 10.7. The number of nitrogens with zero attached hydrogens (tertiary/aromatic N) is 2. The zero-order valence-electron chi connectivity index (χ0n) is 11.5. The van der Waals surface area contributed by atoms with Gasteiger partial charge in [0, 0.05) is 30.0 Å². The number of rotatable bonds is 5. The Morgan fingerprint density at radius 2 is 2.09 bits per heavy atom. The molecule has 2 N–H and O–H groups in total.